The molecule has 20 heavy (non-hydrogen) atoms. The highest BCUT2D eigenvalue weighted by atomic mass is 16.4. The molecule has 1 rings (SSSR count). The molecule has 1 aromatic rings. The van der Waals surface area contributed by atoms with Gasteiger partial charge in [-0.1, -0.05) is 13.8 Å². The monoisotopic (exact) mass is 281 g/mol. The van der Waals surface area contributed by atoms with E-state index < -0.39 is 5.97 Å². The molecule has 6 nitrogen and oxygen atoms in total. The molecular formula is C14H23N3O3. The van der Waals surface area contributed by atoms with Crippen molar-refractivity contribution >= 4 is 11.9 Å². The fourth-order valence-corrected chi connectivity index (χ4v) is 2.27. The SMILES string of the molecule is CCc1nn(C)c(CC)c1CC(=O)N(C)CCC(=O)O. The molecule has 0 unspecified atom stereocenters. The highest BCUT2D eigenvalue weighted by molar-refractivity contribution is 5.79. The van der Waals surface area contributed by atoms with Crippen molar-refractivity contribution in [2.24, 2.45) is 7.05 Å². The topological polar surface area (TPSA) is 75.4 Å². The van der Waals surface area contributed by atoms with Crippen LogP contribution in [0.25, 0.3) is 0 Å². The van der Waals surface area contributed by atoms with Crippen LogP contribution in [0.3, 0.4) is 0 Å². The first-order valence-corrected chi connectivity index (χ1v) is 6.90. The van der Waals surface area contributed by atoms with Gasteiger partial charge in [-0.05, 0) is 12.8 Å². The van der Waals surface area contributed by atoms with Crippen molar-refractivity contribution in [1.82, 2.24) is 14.7 Å². The Labute approximate surface area is 119 Å². The van der Waals surface area contributed by atoms with Gasteiger partial charge in [0.2, 0.25) is 5.91 Å². The van der Waals surface area contributed by atoms with Crippen LogP contribution >= 0.6 is 0 Å². The molecular weight excluding hydrogens is 258 g/mol. The van der Waals surface area contributed by atoms with E-state index in [0.717, 1.165) is 29.8 Å². The minimum atomic E-state index is -0.894. The van der Waals surface area contributed by atoms with E-state index in [9.17, 15) is 9.59 Å². The lowest BCUT2D eigenvalue weighted by atomic mass is 10.1. The van der Waals surface area contributed by atoms with E-state index in [0.29, 0.717) is 0 Å². The largest absolute Gasteiger partial charge is 0.481 e. The molecule has 0 radical (unpaired) electrons. The number of aliphatic carboxylic acids is 1. The summed E-state index contributed by atoms with van der Waals surface area (Å²) in [5.74, 6) is -0.960. The van der Waals surface area contributed by atoms with Gasteiger partial charge in [-0.2, -0.15) is 5.10 Å². The third kappa shape index (κ3) is 3.82. The van der Waals surface area contributed by atoms with Crippen LogP contribution < -0.4 is 0 Å². The van der Waals surface area contributed by atoms with Crippen molar-refractivity contribution < 1.29 is 14.7 Å². The van der Waals surface area contributed by atoms with Gasteiger partial charge >= 0.3 is 5.97 Å². The van der Waals surface area contributed by atoms with Gasteiger partial charge in [-0.15, -0.1) is 0 Å². The van der Waals surface area contributed by atoms with E-state index in [4.69, 9.17) is 5.11 Å². The quantitative estimate of drug-likeness (QED) is 0.809. The van der Waals surface area contributed by atoms with Crippen LogP contribution in [0.15, 0.2) is 0 Å². The summed E-state index contributed by atoms with van der Waals surface area (Å²) in [6, 6.07) is 0. The van der Waals surface area contributed by atoms with E-state index in [1.54, 1.807) is 7.05 Å². The second-order valence-corrected chi connectivity index (χ2v) is 4.84. The molecule has 0 bridgehead atoms. The molecule has 0 aliphatic carbocycles. The summed E-state index contributed by atoms with van der Waals surface area (Å²) < 4.78 is 1.83. The number of hydrogen-bond donors (Lipinski definition) is 1. The van der Waals surface area contributed by atoms with Gasteiger partial charge in [-0.3, -0.25) is 14.3 Å². The fraction of sp³-hybridized carbons (Fsp3) is 0.643. The number of hydrogen-bond acceptors (Lipinski definition) is 3. The van der Waals surface area contributed by atoms with E-state index in [-0.39, 0.29) is 25.3 Å². The van der Waals surface area contributed by atoms with Gasteiger partial charge in [0, 0.05) is 31.9 Å². The Hall–Kier alpha value is -1.85. The Morgan fingerprint density at radius 3 is 2.45 bits per heavy atom. The molecule has 0 aliphatic heterocycles. The summed E-state index contributed by atoms with van der Waals surface area (Å²) >= 11 is 0. The Bertz CT molecular complexity index is 494. The zero-order valence-corrected chi connectivity index (χ0v) is 12.6. The number of rotatable bonds is 7. The summed E-state index contributed by atoms with van der Waals surface area (Å²) in [4.78, 5) is 24.2. The van der Waals surface area contributed by atoms with E-state index in [1.807, 2.05) is 25.6 Å². The van der Waals surface area contributed by atoms with Crippen LogP contribution in [-0.2, 0) is 35.9 Å². The first kappa shape index (κ1) is 16.2. The van der Waals surface area contributed by atoms with Crippen LogP contribution in [0.4, 0.5) is 0 Å². The molecule has 0 atom stereocenters. The molecule has 0 aliphatic rings. The smallest absolute Gasteiger partial charge is 0.305 e. The minimum Gasteiger partial charge on any atom is -0.481 e. The van der Waals surface area contributed by atoms with Crippen LogP contribution in [0, 0.1) is 0 Å². The molecule has 0 aromatic carbocycles. The number of aryl methyl sites for hydroxylation is 2. The number of aromatic nitrogens is 2. The average molecular weight is 281 g/mol. The Kier molecular flexibility index (Phi) is 5.73. The Balaban J connectivity index is 2.81. The lowest BCUT2D eigenvalue weighted by Gasteiger charge is -2.16. The van der Waals surface area contributed by atoms with Gasteiger partial charge < -0.3 is 10.0 Å². The lowest BCUT2D eigenvalue weighted by Crippen LogP contribution is -2.30. The van der Waals surface area contributed by atoms with Gasteiger partial charge in [-0.25, -0.2) is 0 Å². The van der Waals surface area contributed by atoms with Crippen LogP contribution in [-0.4, -0.2) is 45.3 Å². The van der Waals surface area contributed by atoms with Crippen molar-refractivity contribution in [1.29, 1.82) is 0 Å². The zero-order chi connectivity index (χ0) is 15.3. The van der Waals surface area contributed by atoms with Gasteiger partial charge in [0.25, 0.3) is 0 Å². The van der Waals surface area contributed by atoms with E-state index in [2.05, 4.69) is 5.10 Å². The normalized spacial score (nSPS) is 10.6. The summed E-state index contributed by atoms with van der Waals surface area (Å²) in [7, 11) is 3.53. The number of carboxylic acid groups (broad SMARTS) is 1. The molecule has 6 heteroatoms. The third-order valence-corrected chi connectivity index (χ3v) is 3.44. The highest BCUT2D eigenvalue weighted by Gasteiger charge is 2.19. The molecule has 1 heterocycles. The van der Waals surface area contributed by atoms with Crippen molar-refractivity contribution in [2.45, 2.75) is 39.5 Å². The molecule has 1 amide bonds. The summed E-state index contributed by atoms with van der Waals surface area (Å²) in [6.45, 7) is 4.29. The lowest BCUT2D eigenvalue weighted by molar-refractivity contribution is -0.138. The molecule has 1 aromatic heterocycles. The maximum absolute atomic E-state index is 12.2. The number of likely N-dealkylation sites (N-methyl/N-ethyl adjacent to an activating group) is 1. The average Bonchev–Trinajstić information content (AvgIpc) is 2.71. The van der Waals surface area contributed by atoms with Gasteiger partial charge in [0.15, 0.2) is 0 Å². The van der Waals surface area contributed by atoms with Crippen molar-refractivity contribution in [2.75, 3.05) is 13.6 Å². The van der Waals surface area contributed by atoms with E-state index >= 15 is 0 Å². The molecule has 0 spiro atoms. The Morgan fingerprint density at radius 1 is 1.30 bits per heavy atom. The summed E-state index contributed by atoms with van der Waals surface area (Å²) in [5.41, 5.74) is 3.01. The first-order chi connectivity index (χ1) is 9.40. The molecule has 112 valence electrons. The standard InChI is InChI=1S/C14H23N3O3/c1-5-11-10(12(6-2)17(4)15-11)9-13(18)16(3)8-7-14(19)20/h5-9H2,1-4H3,(H,19,20). The van der Waals surface area contributed by atoms with Crippen molar-refractivity contribution in [3.63, 3.8) is 0 Å². The van der Waals surface area contributed by atoms with Crippen LogP contribution in [0.2, 0.25) is 0 Å². The van der Waals surface area contributed by atoms with Gasteiger partial charge in [0.1, 0.15) is 0 Å². The van der Waals surface area contributed by atoms with Gasteiger partial charge in [0.05, 0.1) is 18.5 Å². The highest BCUT2D eigenvalue weighted by Crippen LogP contribution is 2.17. The predicted octanol–water partition coefficient (Wildman–Crippen LogP) is 1.02. The maximum Gasteiger partial charge on any atom is 0.305 e. The second-order valence-electron chi connectivity index (χ2n) is 4.84. The number of carboxylic acids is 1. The van der Waals surface area contributed by atoms with E-state index in [1.165, 1.54) is 4.90 Å². The maximum atomic E-state index is 12.2. The molecule has 0 fully saturated rings. The van der Waals surface area contributed by atoms with Crippen LogP contribution in [0.1, 0.15) is 37.2 Å². The number of carbonyl (C=O) groups excluding carboxylic acids is 1. The van der Waals surface area contributed by atoms with Crippen LogP contribution in [0.5, 0.6) is 0 Å². The molecule has 0 saturated carbocycles. The number of carbonyl (C=O) groups is 2. The Morgan fingerprint density at radius 2 is 1.95 bits per heavy atom. The predicted molar refractivity (Wildman–Crippen MR) is 75.6 cm³/mol. The third-order valence-electron chi connectivity index (χ3n) is 3.44. The summed E-state index contributed by atoms with van der Waals surface area (Å²) in [6.07, 6.45) is 1.87. The summed E-state index contributed by atoms with van der Waals surface area (Å²) in [5, 5.41) is 13.1. The first-order valence-electron chi connectivity index (χ1n) is 6.90. The number of amides is 1. The second kappa shape index (κ2) is 7.07. The fourth-order valence-electron chi connectivity index (χ4n) is 2.27. The van der Waals surface area contributed by atoms with Crippen molar-refractivity contribution in [3.8, 4) is 0 Å². The van der Waals surface area contributed by atoms with Crippen molar-refractivity contribution in [3.05, 3.63) is 17.0 Å². The zero-order valence-electron chi connectivity index (χ0n) is 12.6. The number of nitrogens with zero attached hydrogens (tertiary/aromatic N) is 3. The molecule has 1 N–H and O–H groups in total. The molecule has 0 saturated heterocycles. The minimum absolute atomic E-state index is 0.0312.